The van der Waals surface area contributed by atoms with Gasteiger partial charge in [-0.25, -0.2) is 4.79 Å². The number of hydrogen-bond donors (Lipinski definition) is 0. The molecule has 2 nitrogen and oxygen atoms in total. The molecule has 0 saturated heterocycles. The highest BCUT2D eigenvalue weighted by atomic mass is 79.9. The summed E-state index contributed by atoms with van der Waals surface area (Å²) in [7, 11) is 1.38. The van der Waals surface area contributed by atoms with Gasteiger partial charge in [0, 0.05) is 10.9 Å². The number of carbonyl (C=O) groups is 1. The van der Waals surface area contributed by atoms with Crippen LogP contribution in [0, 0.1) is 0 Å². The Balaban J connectivity index is 3.02. The SMILES string of the molecule is COC(=O)C(C)=Cc1ccccc1CBr. The molecule has 80 valence electrons. The van der Waals surface area contributed by atoms with E-state index in [2.05, 4.69) is 20.7 Å². The first-order chi connectivity index (χ1) is 7.19. The van der Waals surface area contributed by atoms with Gasteiger partial charge in [-0.15, -0.1) is 0 Å². The van der Waals surface area contributed by atoms with Gasteiger partial charge in [0.2, 0.25) is 0 Å². The first-order valence-corrected chi connectivity index (χ1v) is 5.71. The third-order valence-corrected chi connectivity index (χ3v) is 2.68. The van der Waals surface area contributed by atoms with E-state index in [1.807, 2.05) is 30.3 Å². The summed E-state index contributed by atoms with van der Waals surface area (Å²) in [6, 6.07) is 7.91. The Morgan fingerprint density at radius 1 is 1.47 bits per heavy atom. The molecule has 0 heterocycles. The van der Waals surface area contributed by atoms with E-state index < -0.39 is 0 Å². The van der Waals surface area contributed by atoms with Crippen LogP contribution in [0.4, 0.5) is 0 Å². The second-order valence-corrected chi connectivity index (χ2v) is 3.71. The highest BCUT2D eigenvalue weighted by Gasteiger charge is 2.04. The number of hydrogen-bond acceptors (Lipinski definition) is 2. The molecule has 0 unspecified atom stereocenters. The smallest absolute Gasteiger partial charge is 0.333 e. The van der Waals surface area contributed by atoms with E-state index in [4.69, 9.17) is 0 Å². The molecule has 15 heavy (non-hydrogen) atoms. The van der Waals surface area contributed by atoms with Gasteiger partial charge in [0.1, 0.15) is 0 Å². The van der Waals surface area contributed by atoms with Crippen molar-refractivity contribution in [3.63, 3.8) is 0 Å². The Labute approximate surface area is 98.1 Å². The van der Waals surface area contributed by atoms with Crippen molar-refractivity contribution >= 4 is 28.0 Å². The fourth-order valence-electron chi connectivity index (χ4n) is 1.25. The van der Waals surface area contributed by atoms with Crippen molar-refractivity contribution in [3.05, 3.63) is 41.0 Å². The summed E-state index contributed by atoms with van der Waals surface area (Å²) in [4.78, 5) is 11.2. The van der Waals surface area contributed by atoms with Gasteiger partial charge in [-0.1, -0.05) is 40.2 Å². The van der Waals surface area contributed by atoms with E-state index in [1.54, 1.807) is 6.92 Å². The average Bonchev–Trinajstić information content (AvgIpc) is 2.28. The van der Waals surface area contributed by atoms with E-state index in [0.29, 0.717) is 5.57 Å². The second-order valence-electron chi connectivity index (χ2n) is 3.15. The Kier molecular flexibility index (Phi) is 4.56. The second kappa shape index (κ2) is 5.71. The molecule has 0 fully saturated rings. The van der Waals surface area contributed by atoms with E-state index in [0.717, 1.165) is 16.5 Å². The van der Waals surface area contributed by atoms with Crippen molar-refractivity contribution in [2.24, 2.45) is 0 Å². The first kappa shape index (κ1) is 12.0. The molecule has 3 heteroatoms. The molecule has 1 aromatic rings. The van der Waals surface area contributed by atoms with Crippen LogP contribution in [0.2, 0.25) is 0 Å². The summed E-state index contributed by atoms with van der Waals surface area (Å²) in [6.07, 6.45) is 1.84. The molecule has 0 aliphatic rings. The molecule has 0 aliphatic carbocycles. The minimum absolute atomic E-state index is 0.292. The van der Waals surface area contributed by atoms with Gasteiger partial charge in [0.15, 0.2) is 0 Å². The Hall–Kier alpha value is -1.09. The zero-order valence-corrected chi connectivity index (χ0v) is 10.4. The number of benzene rings is 1. The Morgan fingerprint density at radius 2 is 2.13 bits per heavy atom. The molecule has 0 aliphatic heterocycles. The lowest BCUT2D eigenvalue weighted by Gasteiger charge is -2.03. The fourth-order valence-corrected chi connectivity index (χ4v) is 1.76. The van der Waals surface area contributed by atoms with Crippen molar-refractivity contribution in [2.45, 2.75) is 12.3 Å². The van der Waals surface area contributed by atoms with E-state index in [-0.39, 0.29) is 5.97 Å². The summed E-state index contributed by atoms with van der Waals surface area (Å²) in [5.74, 6) is -0.292. The number of rotatable bonds is 3. The number of esters is 1. The molecular weight excluding hydrogens is 256 g/mol. The van der Waals surface area contributed by atoms with Gasteiger partial charge in [-0.3, -0.25) is 0 Å². The summed E-state index contributed by atoms with van der Waals surface area (Å²) >= 11 is 3.41. The number of carbonyl (C=O) groups excluding carboxylic acids is 1. The topological polar surface area (TPSA) is 26.3 Å². The number of ether oxygens (including phenoxy) is 1. The van der Waals surface area contributed by atoms with Crippen molar-refractivity contribution in [2.75, 3.05) is 7.11 Å². The molecule has 0 bridgehead atoms. The highest BCUT2D eigenvalue weighted by molar-refractivity contribution is 9.08. The Bertz CT molecular complexity index is 383. The van der Waals surface area contributed by atoms with Crippen LogP contribution in [0.5, 0.6) is 0 Å². The average molecular weight is 269 g/mol. The molecular formula is C12H13BrO2. The summed E-state index contributed by atoms with van der Waals surface area (Å²) in [5.41, 5.74) is 2.80. The largest absolute Gasteiger partial charge is 0.466 e. The molecule has 0 atom stereocenters. The molecule has 1 aromatic carbocycles. The third kappa shape index (κ3) is 3.20. The third-order valence-electron chi connectivity index (χ3n) is 2.08. The maximum atomic E-state index is 11.2. The first-order valence-electron chi connectivity index (χ1n) is 4.59. The summed E-state index contributed by atoms with van der Waals surface area (Å²) in [5, 5.41) is 0.772. The fraction of sp³-hybridized carbons (Fsp3) is 0.250. The van der Waals surface area contributed by atoms with Gasteiger partial charge < -0.3 is 4.74 Å². The molecule has 0 N–H and O–H groups in total. The molecule has 0 spiro atoms. The lowest BCUT2D eigenvalue weighted by atomic mass is 10.1. The van der Waals surface area contributed by atoms with Gasteiger partial charge >= 0.3 is 5.97 Å². The molecule has 0 radical (unpaired) electrons. The minimum Gasteiger partial charge on any atom is -0.466 e. The standard InChI is InChI=1S/C12H13BrO2/c1-9(12(14)15-2)7-10-5-3-4-6-11(10)8-13/h3-7H,8H2,1-2H3. The molecule has 1 rings (SSSR count). The van der Waals surface area contributed by atoms with Gasteiger partial charge in [-0.05, 0) is 24.1 Å². The van der Waals surface area contributed by atoms with Crippen LogP contribution in [0.25, 0.3) is 6.08 Å². The van der Waals surface area contributed by atoms with Crippen LogP contribution < -0.4 is 0 Å². The van der Waals surface area contributed by atoms with Crippen LogP contribution in [0.15, 0.2) is 29.8 Å². The Morgan fingerprint density at radius 3 is 2.73 bits per heavy atom. The highest BCUT2D eigenvalue weighted by Crippen LogP contribution is 2.16. The molecule has 0 aromatic heterocycles. The zero-order chi connectivity index (χ0) is 11.3. The van der Waals surface area contributed by atoms with Crippen molar-refractivity contribution in [1.29, 1.82) is 0 Å². The van der Waals surface area contributed by atoms with E-state index in [1.165, 1.54) is 7.11 Å². The quantitative estimate of drug-likeness (QED) is 0.478. The maximum absolute atomic E-state index is 11.2. The van der Waals surface area contributed by atoms with E-state index >= 15 is 0 Å². The van der Waals surface area contributed by atoms with Crippen LogP contribution in [-0.2, 0) is 14.9 Å². The van der Waals surface area contributed by atoms with Crippen molar-refractivity contribution in [3.8, 4) is 0 Å². The molecule has 0 amide bonds. The van der Waals surface area contributed by atoms with Gasteiger partial charge in [-0.2, -0.15) is 0 Å². The monoisotopic (exact) mass is 268 g/mol. The zero-order valence-electron chi connectivity index (χ0n) is 8.79. The van der Waals surface area contributed by atoms with E-state index in [9.17, 15) is 4.79 Å². The van der Waals surface area contributed by atoms with Crippen molar-refractivity contribution < 1.29 is 9.53 Å². The summed E-state index contributed by atoms with van der Waals surface area (Å²) < 4.78 is 4.64. The van der Waals surface area contributed by atoms with Crippen LogP contribution >= 0.6 is 15.9 Å². The number of alkyl halides is 1. The predicted molar refractivity (Wildman–Crippen MR) is 64.7 cm³/mol. The summed E-state index contributed by atoms with van der Waals surface area (Å²) in [6.45, 7) is 1.75. The lowest BCUT2D eigenvalue weighted by Crippen LogP contribution is -2.01. The number of halogens is 1. The van der Waals surface area contributed by atoms with Gasteiger partial charge in [0.05, 0.1) is 7.11 Å². The van der Waals surface area contributed by atoms with Crippen LogP contribution in [0.1, 0.15) is 18.1 Å². The van der Waals surface area contributed by atoms with Crippen LogP contribution in [0.3, 0.4) is 0 Å². The lowest BCUT2D eigenvalue weighted by molar-refractivity contribution is -0.135. The maximum Gasteiger partial charge on any atom is 0.333 e. The molecule has 0 saturated carbocycles. The van der Waals surface area contributed by atoms with Crippen LogP contribution in [-0.4, -0.2) is 13.1 Å². The minimum atomic E-state index is -0.292. The van der Waals surface area contributed by atoms with Gasteiger partial charge in [0.25, 0.3) is 0 Å². The normalized spacial score (nSPS) is 11.3. The number of methoxy groups -OCH3 is 1. The van der Waals surface area contributed by atoms with Crippen molar-refractivity contribution in [1.82, 2.24) is 0 Å². The predicted octanol–water partition coefficient (Wildman–Crippen LogP) is 3.16.